The molecule has 2 fully saturated rings. The molecule has 196 valence electrons. The fourth-order valence-electron chi connectivity index (χ4n) is 5.01. The number of fused-ring (bicyclic) bond motifs is 1. The van der Waals surface area contributed by atoms with E-state index in [1.165, 1.54) is 18.5 Å². The number of hydrogen-bond donors (Lipinski definition) is 1. The Bertz CT molecular complexity index is 1620. The molecule has 2 aliphatic rings. The van der Waals surface area contributed by atoms with Gasteiger partial charge in [-0.3, -0.25) is 4.79 Å². The van der Waals surface area contributed by atoms with Gasteiger partial charge in [-0.15, -0.1) is 0 Å². The van der Waals surface area contributed by atoms with Gasteiger partial charge in [0.15, 0.2) is 5.65 Å². The Morgan fingerprint density at radius 2 is 1.97 bits per heavy atom. The van der Waals surface area contributed by atoms with Crippen LogP contribution in [0.5, 0.6) is 11.5 Å². The summed E-state index contributed by atoms with van der Waals surface area (Å²) in [6, 6.07) is 15.2. The van der Waals surface area contributed by atoms with Crippen molar-refractivity contribution in [3.05, 3.63) is 72.3 Å². The molecule has 3 heterocycles. The molecule has 0 bridgehead atoms. The van der Waals surface area contributed by atoms with Crippen LogP contribution in [0.25, 0.3) is 22.3 Å². The van der Waals surface area contributed by atoms with E-state index in [0.29, 0.717) is 53.1 Å². The van der Waals surface area contributed by atoms with E-state index < -0.39 is 0 Å². The normalized spacial score (nSPS) is 17.4. The minimum absolute atomic E-state index is 0.123. The van der Waals surface area contributed by atoms with E-state index in [1.54, 1.807) is 33.8 Å². The summed E-state index contributed by atoms with van der Waals surface area (Å²) in [7, 11) is 0. The first-order valence-electron chi connectivity index (χ1n) is 12.9. The number of nitrogens with zero attached hydrogens (tertiary/aromatic N) is 6. The first kappa shape index (κ1) is 24.6. The van der Waals surface area contributed by atoms with Crippen LogP contribution in [0.3, 0.4) is 0 Å². The lowest BCUT2D eigenvalue weighted by Crippen LogP contribution is -2.39. The van der Waals surface area contributed by atoms with Gasteiger partial charge in [0, 0.05) is 18.2 Å². The third-order valence-electron chi connectivity index (χ3n) is 7.12. The van der Waals surface area contributed by atoms with Crippen LogP contribution >= 0.6 is 0 Å². The van der Waals surface area contributed by atoms with Crippen molar-refractivity contribution in [2.75, 3.05) is 12.3 Å². The third-order valence-corrected chi connectivity index (χ3v) is 7.12. The van der Waals surface area contributed by atoms with Crippen LogP contribution < -0.4 is 10.5 Å². The van der Waals surface area contributed by atoms with E-state index >= 15 is 0 Å². The second kappa shape index (κ2) is 10.2. The Labute approximate surface area is 224 Å². The van der Waals surface area contributed by atoms with Gasteiger partial charge in [-0.25, -0.2) is 19.0 Å². The molecule has 2 aromatic carbocycles. The monoisotopic (exact) mass is 523 g/mol. The quantitative estimate of drug-likeness (QED) is 0.271. The molecule has 39 heavy (non-hydrogen) atoms. The summed E-state index contributed by atoms with van der Waals surface area (Å²) < 4.78 is 21.1. The fraction of sp³-hybridized carbons (Fsp3) is 0.276. The lowest BCUT2D eigenvalue weighted by Gasteiger charge is -2.24. The summed E-state index contributed by atoms with van der Waals surface area (Å²) in [6.07, 6.45) is 6.94. The molecule has 0 unspecified atom stereocenters. The largest absolute Gasteiger partial charge is 0.457 e. The van der Waals surface area contributed by atoms with Crippen LogP contribution in [0.1, 0.15) is 25.7 Å². The van der Waals surface area contributed by atoms with E-state index in [0.717, 1.165) is 31.2 Å². The molecule has 9 nitrogen and oxygen atoms in total. The summed E-state index contributed by atoms with van der Waals surface area (Å²) in [5.41, 5.74) is 8.47. The van der Waals surface area contributed by atoms with Crippen molar-refractivity contribution < 1.29 is 13.9 Å². The Hall–Kier alpha value is -4.78. The molecule has 1 saturated heterocycles. The van der Waals surface area contributed by atoms with Gasteiger partial charge in [0.25, 0.3) is 5.91 Å². The van der Waals surface area contributed by atoms with Crippen molar-refractivity contribution in [2.24, 2.45) is 5.92 Å². The van der Waals surface area contributed by atoms with Crippen molar-refractivity contribution in [3.8, 4) is 28.8 Å². The summed E-state index contributed by atoms with van der Waals surface area (Å²) in [5, 5.41) is 15.1. The fourth-order valence-corrected chi connectivity index (χ4v) is 5.01. The molecule has 1 atom stereocenters. The summed E-state index contributed by atoms with van der Waals surface area (Å²) in [6.45, 7) is 1.02. The Balaban J connectivity index is 1.28. The molecule has 0 spiro atoms. The van der Waals surface area contributed by atoms with E-state index in [1.807, 2.05) is 18.2 Å². The van der Waals surface area contributed by atoms with Crippen LogP contribution in [0.2, 0.25) is 0 Å². The summed E-state index contributed by atoms with van der Waals surface area (Å²) in [5.74, 6) is 1.00. The van der Waals surface area contributed by atoms with E-state index in [-0.39, 0.29) is 23.3 Å². The summed E-state index contributed by atoms with van der Waals surface area (Å²) >= 11 is 0. The smallest absolute Gasteiger partial charge is 0.264 e. The predicted molar refractivity (Wildman–Crippen MR) is 143 cm³/mol. The number of nitrogens with two attached hydrogens (primary N) is 1. The highest BCUT2D eigenvalue weighted by atomic mass is 19.1. The van der Waals surface area contributed by atoms with Gasteiger partial charge in [-0.05, 0) is 68.0 Å². The van der Waals surface area contributed by atoms with Gasteiger partial charge in [0.05, 0.1) is 18.0 Å². The average molecular weight is 524 g/mol. The number of aromatic nitrogens is 4. The van der Waals surface area contributed by atoms with Gasteiger partial charge in [-0.2, -0.15) is 10.4 Å². The van der Waals surface area contributed by atoms with E-state index in [2.05, 4.69) is 16.0 Å². The van der Waals surface area contributed by atoms with E-state index in [4.69, 9.17) is 15.6 Å². The van der Waals surface area contributed by atoms with Gasteiger partial charge in [0.2, 0.25) is 0 Å². The van der Waals surface area contributed by atoms with Gasteiger partial charge >= 0.3 is 0 Å². The molecule has 1 saturated carbocycles. The number of anilines is 1. The number of carbonyl (C=O) groups is 1. The van der Waals surface area contributed by atoms with Gasteiger partial charge < -0.3 is 15.4 Å². The molecule has 2 N–H and O–H groups in total. The third kappa shape index (κ3) is 5.03. The van der Waals surface area contributed by atoms with Crippen LogP contribution in [0, 0.1) is 23.1 Å². The van der Waals surface area contributed by atoms with Crippen LogP contribution in [0.15, 0.2) is 66.5 Å². The number of rotatable bonds is 7. The minimum atomic E-state index is -0.373. The first-order chi connectivity index (χ1) is 19.0. The van der Waals surface area contributed by atoms with Crippen LogP contribution in [-0.4, -0.2) is 43.1 Å². The van der Waals surface area contributed by atoms with Gasteiger partial charge in [0.1, 0.15) is 46.8 Å². The number of amides is 1. The molecule has 0 radical (unpaired) electrons. The maximum Gasteiger partial charge on any atom is 0.264 e. The molecule has 6 rings (SSSR count). The molecule has 2 aromatic heterocycles. The molecule has 1 amide bonds. The van der Waals surface area contributed by atoms with Crippen LogP contribution in [0.4, 0.5) is 10.2 Å². The minimum Gasteiger partial charge on any atom is -0.457 e. The second-order valence-corrected chi connectivity index (χ2v) is 9.90. The molecule has 1 aliphatic carbocycles. The predicted octanol–water partition coefficient (Wildman–Crippen LogP) is 4.86. The number of nitrogen functional groups attached to an aromatic ring is 1. The Morgan fingerprint density at radius 3 is 2.72 bits per heavy atom. The lowest BCUT2D eigenvalue weighted by molar-refractivity contribution is -0.127. The SMILES string of the molecule is N#C/C(=C\C1CC1)C(=O)N1CCC[C@@H]1Cn1nc(-c2ccc(Oc3cccc(F)c3)cc2)c2c(N)ncnc21. The van der Waals surface area contributed by atoms with Crippen molar-refractivity contribution in [3.63, 3.8) is 0 Å². The second-order valence-electron chi connectivity index (χ2n) is 9.90. The molecule has 4 aromatic rings. The summed E-state index contributed by atoms with van der Waals surface area (Å²) in [4.78, 5) is 23.6. The van der Waals surface area contributed by atoms with Crippen molar-refractivity contribution in [1.29, 1.82) is 5.26 Å². The number of allylic oxidation sites excluding steroid dienone is 1. The maximum absolute atomic E-state index is 13.5. The maximum atomic E-state index is 13.5. The molecule has 1 aliphatic heterocycles. The number of benzene rings is 2. The number of carbonyl (C=O) groups excluding carboxylic acids is 1. The lowest BCUT2D eigenvalue weighted by atomic mass is 10.1. The molecule has 10 heteroatoms. The average Bonchev–Trinajstić information content (AvgIpc) is 3.51. The standard InChI is InChI=1S/C29H26FN7O2/c30-21-3-1-5-24(14-21)39-23-10-8-19(9-11-23)26-25-27(32)33-17-34-28(25)37(35-26)16-22-4-2-12-36(22)29(38)20(15-31)13-18-6-7-18/h1,3,5,8-11,13-14,17-18,22H,2,4,6-7,12,16H2,(H2,32,33,34)/b20-13+/t22-/m1/s1. The first-order valence-corrected chi connectivity index (χ1v) is 12.9. The zero-order valence-corrected chi connectivity index (χ0v) is 21.1. The highest BCUT2D eigenvalue weighted by Gasteiger charge is 2.33. The highest BCUT2D eigenvalue weighted by Crippen LogP contribution is 2.34. The number of hydrogen-bond acceptors (Lipinski definition) is 7. The number of nitriles is 1. The number of halogens is 1. The topological polar surface area (TPSA) is 123 Å². The Kier molecular flexibility index (Phi) is 6.40. The number of likely N-dealkylation sites (tertiary alicyclic amines) is 1. The van der Waals surface area contributed by atoms with Crippen molar-refractivity contribution >= 4 is 22.8 Å². The zero-order valence-electron chi connectivity index (χ0n) is 21.1. The zero-order chi connectivity index (χ0) is 26.9. The highest BCUT2D eigenvalue weighted by molar-refractivity contribution is 5.99. The van der Waals surface area contributed by atoms with Crippen molar-refractivity contribution in [1.82, 2.24) is 24.6 Å². The molecular weight excluding hydrogens is 497 g/mol. The van der Waals surface area contributed by atoms with Gasteiger partial charge in [-0.1, -0.05) is 12.1 Å². The Morgan fingerprint density at radius 1 is 1.15 bits per heavy atom. The van der Waals surface area contributed by atoms with Crippen molar-refractivity contribution in [2.45, 2.75) is 38.3 Å². The molecular formula is C29H26FN7O2. The van der Waals surface area contributed by atoms with Crippen LogP contribution in [-0.2, 0) is 11.3 Å². The number of ether oxygens (including phenoxy) is 1. The van der Waals surface area contributed by atoms with E-state index in [9.17, 15) is 14.4 Å².